The van der Waals surface area contributed by atoms with E-state index in [-0.39, 0.29) is 38.7 Å². The van der Waals surface area contributed by atoms with Gasteiger partial charge in [-0.1, -0.05) is 29.8 Å². The third kappa shape index (κ3) is 3.85. The van der Waals surface area contributed by atoms with Crippen LogP contribution >= 0.6 is 11.6 Å². The number of urea groups is 1. The number of fused-ring (bicyclic) bond motifs is 2. The number of nitrogens with one attached hydrogen (secondary N) is 2. The van der Waals surface area contributed by atoms with E-state index in [1.807, 2.05) is 6.07 Å². The van der Waals surface area contributed by atoms with Gasteiger partial charge in [0, 0.05) is 27.3 Å². The predicted molar refractivity (Wildman–Crippen MR) is 125 cm³/mol. The van der Waals surface area contributed by atoms with Gasteiger partial charge in [0.15, 0.2) is 0 Å². The Labute approximate surface area is 211 Å². The highest BCUT2D eigenvalue weighted by atomic mass is 35.5. The normalized spacial score (nSPS) is 20.2. The number of nitrogens with zero attached hydrogens (tertiary/aromatic N) is 2. The van der Waals surface area contributed by atoms with Crippen LogP contribution in [-0.4, -0.2) is 29.8 Å². The SMILES string of the molecule is N#Cc1cc(NC(=O)N2CC(O)(C(F)(F)F)c3ccccc32)c2c(c1)C(=O)NC2c1cc(F)ccc1Cl. The molecule has 5 rings (SSSR count). The van der Waals surface area contributed by atoms with Crippen LogP contribution in [0.2, 0.25) is 5.02 Å². The molecule has 37 heavy (non-hydrogen) atoms. The minimum Gasteiger partial charge on any atom is -0.375 e. The molecule has 0 bridgehead atoms. The molecule has 188 valence electrons. The Morgan fingerprint density at radius 3 is 2.65 bits per heavy atom. The van der Waals surface area contributed by atoms with E-state index in [1.54, 1.807) is 0 Å². The van der Waals surface area contributed by atoms with Gasteiger partial charge in [-0.15, -0.1) is 0 Å². The Balaban J connectivity index is 1.59. The molecule has 0 aliphatic carbocycles. The Morgan fingerprint density at radius 1 is 1.22 bits per heavy atom. The number of alkyl halides is 3. The molecule has 2 aliphatic heterocycles. The molecule has 3 aromatic rings. The number of carbonyl (C=O) groups excluding carboxylic acids is 2. The summed E-state index contributed by atoms with van der Waals surface area (Å²) in [6.07, 6.45) is -5.07. The zero-order chi connectivity index (χ0) is 26.7. The molecule has 0 radical (unpaired) electrons. The van der Waals surface area contributed by atoms with Gasteiger partial charge in [-0.05, 0) is 36.4 Å². The van der Waals surface area contributed by atoms with Crippen LogP contribution in [0.5, 0.6) is 0 Å². The molecule has 7 nitrogen and oxygen atoms in total. The number of amides is 3. The van der Waals surface area contributed by atoms with E-state index in [0.29, 0.717) is 0 Å². The van der Waals surface area contributed by atoms with Gasteiger partial charge in [0.1, 0.15) is 5.82 Å². The Bertz CT molecular complexity index is 1520. The maximum Gasteiger partial charge on any atom is 0.423 e. The zero-order valence-electron chi connectivity index (χ0n) is 18.5. The standard InChI is InChI=1S/C25H15ClF4N4O3/c26-17-6-5-13(27)9-14(17)21-20-15(22(35)33-21)7-12(10-31)8-18(20)32-23(36)34-11-24(37,25(28,29)30)16-3-1-2-4-19(16)34/h1-9,21,37H,11H2,(H,32,36)(H,33,35). The summed E-state index contributed by atoms with van der Waals surface area (Å²) >= 11 is 6.24. The molecule has 3 N–H and O–H groups in total. The highest BCUT2D eigenvalue weighted by molar-refractivity contribution is 6.31. The smallest absolute Gasteiger partial charge is 0.375 e. The van der Waals surface area contributed by atoms with Crippen molar-refractivity contribution >= 4 is 34.9 Å². The van der Waals surface area contributed by atoms with Crippen molar-refractivity contribution in [1.29, 1.82) is 5.26 Å². The fraction of sp³-hybridized carbons (Fsp3) is 0.160. The number of carbonyl (C=O) groups is 2. The van der Waals surface area contributed by atoms with E-state index < -0.39 is 47.7 Å². The molecular weight excluding hydrogens is 516 g/mol. The molecule has 12 heteroatoms. The Kier molecular flexibility index (Phi) is 5.62. The van der Waals surface area contributed by atoms with Crippen molar-refractivity contribution in [3.63, 3.8) is 0 Å². The molecule has 0 spiro atoms. The summed E-state index contributed by atoms with van der Waals surface area (Å²) in [4.78, 5) is 26.8. The second-order valence-corrected chi connectivity index (χ2v) is 8.97. The van der Waals surface area contributed by atoms with Gasteiger partial charge < -0.3 is 15.7 Å². The summed E-state index contributed by atoms with van der Waals surface area (Å²) in [7, 11) is 0. The number of rotatable bonds is 2. The van der Waals surface area contributed by atoms with Crippen molar-refractivity contribution in [2.24, 2.45) is 0 Å². The quantitative estimate of drug-likeness (QED) is 0.406. The van der Waals surface area contributed by atoms with Gasteiger partial charge in [0.2, 0.25) is 5.60 Å². The fourth-order valence-electron chi connectivity index (χ4n) is 4.63. The van der Waals surface area contributed by atoms with E-state index in [9.17, 15) is 37.5 Å². The third-order valence-electron chi connectivity index (χ3n) is 6.37. The zero-order valence-corrected chi connectivity index (χ0v) is 19.3. The summed E-state index contributed by atoms with van der Waals surface area (Å²) in [5, 5.41) is 25.2. The number of hydrogen-bond donors (Lipinski definition) is 3. The van der Waals surface area contributed by atoms with Crippen LogP contribution in [0, 0.1) is 17.1 Å². The molecule has 0 fully saturated rings. The molecule has 0 saturated carbocycles. The van der Waals surface area contributed by atoms with E-state index in [1.165, 1.54) is 36.4 Å². The largest absolute Gasteiger partial charge is 0.423 e. The number of hydrogen-bond acceptors (Lipinski definition) is 4. The maximum absolute atomic E-state index is 14.0. The lowest BCUT2D eigenvalue weighted by Crippen LogP contribution is -2.48. The predicted octanol–water partition coefficient (Wildman–Crippen LogP) is 4.99. The van der Waals surface area contributed by atoms with Crippen molar-refractivity contribution in [1.82, 2.24) is 5.32 Å². The van der Waals surface area contributed by atoms with E-state index in [0.717, 1.165) is 23.1 Å². The molecule has 2 unspecified atom stereocenters. The number of nitriles is 1. The van der Waals surface area contributed by atoms with Crippen LogP contribution in [0.15, 0.2) is 54.6 Å². The minimum atomic E-state index is -5.07. The maximum atomic E-state index is 14.0. The fourth-order valence-corrected chi connectivity index (χ4v) is 4.86. The Morgan fingerprint density at radius 2 is 1.95 bits per heavy atom. The van der Waals surface area contributed by atoms with Gasteiger partial charge in [-0.3, -0.25) is 9.69 Å². The topological polar surface area (TPSA) is 105 Å². The second-order valence-electron chi connectivity index (χ2n) is 8.56. The molecule has 2 atom stereocenters. The molecule has 0 saturated heterocycles. The van der Waals surface area contributed by atoms with Crippen LogP contribution in [-0.2, 0) is 5.60 Å². The molecule has 2 heterocycles. The highest BCUT2D eigenvalue weighted by Crippen LogP contribution is 2.49. The number of aliphatic hydroxyl groups is 1. The van der Waals surface area contributed by atoms with E-state index >= 15 is 0 Å². The molecule has 0 aromatic heterocycles. The number of benzene rings is 3. The van der Waals surface area contributed by atoms with Crippen LogP contribution in [0.4, 0.5) is 33.7 Å². The number of β-amino-alcohol motifs (C(OH)–C–C–N with tert-alkyl or cyclic N) is 1. The summed E-state index contributed by atoms with van der Waals surface area (Å²) in [6.45, 7) is -1.11. The van der Waals surface area contributed by atoms with Crippen LogP contribution in [0.3, 0.4) is 0 Å². The lowest BCUT2D eigenvalue weighted by Gasteiger charge is -2.27. The first-order valence-corrected chi connectivity index (χ1v) is 11.1. The van der Waals surface area contributed by atoms with Crippen molar-refractivity contribution in [3.05, 3.63) is 93.3 Å². The van der Waals surface area contributed by atoms with Crippen LogP contribution < -0.4 is 15.5 Å². The first kappa shape index (κ1) is 24.5. The molecule has 3 amide bonds. The van der Waals surface area contributed by atoms with Crippen molar-refractivity contribution in [2.75, 3.05) is 16.8 Å². The Hall–Kier alpha value is -4.14. The average molecular weight is 531 g/mol. The van der Waals surface area contributed by atoms with Gasteiger partial charge in [0.25, 0.3) is 5.91 Å². The van der Waals surface area contributed by atoms with Gasteiger partial charge in [-0.2, -0.15) is 18.4 Å². The molecule has 3 aromatic carbocycles. The van der Waals surface area contributed by atoms with Gasteiger partial charge in [-0.25, -0.2) is 9.18 Å². The first-order chi connectivity index (χ1) is 17.4. The average Bonchev–Trinajstić information content (AvgIpc) is 3.36. The first-order valence-electron chi connectivity index (χ1n) is 10.8. The minimum absolute atomic E-state index is 0.00768. The summed E-state index contributed by atoms with van der Waals surface area (Å²) in [5.41, 5.74) is -3.69. The monoisotopic (exact) mass is 530 g/mol. The molecule has 2 aliphatic rings. The van der Waals surface area contributed by atoms with Crippen molar-refractivity contribution < 1.29 is 32.3 Å². The number of halogens is 5. The van der Waals surface area contributed by atoms with Crippen LogP contribution in [0.25, 0.3) is 0 Å². The summed E-state index contributed by atoms with van der Waals surface area (Å²) in [5.74, 6) is -1.26. The van der Waals surface area contributed by atoms with Crippen molar-refractivity contribution in [3.8, 4) is 6.07 Å². The van der Waals surface area contributed by atoms with Crippen LogP contribution in [0.1, 0.15) is 38.7 Å². The van der Waals surface area contributed by atoms with E-state index in [2.05, 4.69) is 10.6 Å². The lowest BCUT2D eigenvalue weighted by molar-refractivity contribution is -0.258. The lowest BCUT2D eigenvalue weighted by atomic mass is 9.94. The summed E-state index contributed by atoms with van der Waals surface area (Å²) < 4.78 is 55.4. The van der Waals surface area contributed by atoms with Gasteiger partial charge in [0.05, 0.1) is 35.6 Å². The summed E-state index contributed by atoms with van der Waals surface area (Å²) in [6, 6.07) is 10.9. The third-order valence-corrected chi connectivity index (χ3v) is 6.71. The molecular formula is C25H15ClF4N4O3. The number of anilines is 2. The van der Waals surface area contributed by atoms with E-state index in [4.69, 9.17) is 11.6 Å². The highest BCUT2D eigenvalue weighted by Gasteiger charge is 2.61. The van der Waals surface area contributed by atoms with Gasteiger partial charge >= 0.3 is 12.2 Å². The second kappa shape index (κ2) is 8.47. The number of para-hydroxylation sites is 1. The van der Waals surface area contributed by atoms with Crippen molar-refractivity contribution in [2.45, 2.75) is 17.8 Å².